The maximum atomic E-state index is 12.3. The average Bonchev–Trinajstić information content (AvgIpc) is 3.19. The number of allylic oxidation sites excluding steroid dienone is 4. The molecule has 0 radical (unpaired) electrons. The number of benzene rings is 1. The van der Waals surface area contributed by atoms with E-state index in [1.807, 2.05) is 54.8 Å². The summed E-state index contributed by atoms with van der Waals surface area (Å²) in [5, 5.41) is 4.24. The van der Waals surface area contributed by atoms with Crippen molar-refractivity contribution in [2.75, 3.05) is 11.9 Å². The largest absolute Gasteiger partial charge is 0.405 e. The van der Waals surface area contributed by atoms with Gasteiger partial charge in [0.1, 0.15) is 12.2 Å². The SMILES string of the molecule is C=C1C=C(C#Cc2cncn2C)C=CN1/C(=C\C)c1cc(NC(=O)NCC(F)(F)F)ccc1C. The lowest BCUT2D eigenvalue weighted by atomic mass is 10.0. The van der Waals surface area contributed by atoms with Crippen LogP contribution in [-0.4, -0.2) is 33.2 Å². The van der Waals surface area contributed by atoms with E-state index in [1.165, 1.54) is 0 Å². The van der Waals surface area contributed by atoms with Crippen LogP contribution in [0.25, 0.3) is 5.70 Å². The van der Waals surface area contributed by atoms with E-state index in [9.17, 15) is 18.0 Å². The predicted octanol–water partition coefficient (Wildman–Crippen LogP) is 5.09. The fourth-order valence-corrected chi connectivity index (χ4v) is 3.23. The van der Waals surface area contributed by atoms with Crippen molar-refractivity contribution in [2.24, 2.45) is 7.05 Å². The van der Waals surface area contributed by atoms with Crippen molar-refractivity contribution in [3.8, 4) is 11.8 Å². The van der Waals surface area contributed by atoms with Crippen LogP contribution >= 0.6 is 0 Å². The number of hydrogen-bond donors (Lipinski definition) is 2. The number of alkyl halides is 3. The number of urea groups is 1. The minimum Gasteiger partial charge on any atom is -0.329 e. The molecule has 0 unspecified atom stereocenters. The van der Waals surface area contributed by atoms with Crippen molar-refractivity contribution in [3.63, 3.8) is 0 Å². The molecule has 2 N–H and O–H groups in total. The minimum absolute atomic E-state index is 0.365. The van der Waals surface area contributed by atoms with Crippen molar-refractivity contribution in [3.05, 3.63) is 89.8 Å². The highest BCUT2D eigenvalue weighted by Crippen LogP contribution is 2.31. The highest BCUT2D eigenvalue weighted by Gasteiger charge is 2.27. The molecule has 1 aliphatic heterocycles. The van der Waals surface area contributed by atoms with Crippen LogP contribution in [0.4, 0.5) is 23.7 Å². The van der Waals surface area contributed by atoms with Crippen LogP contribution in [0.3, 0.4) is 0 Å². The molecule has 0 atom stereocenters. The number of nitrogens with zero attached hydrogens (tertiary/aromatic N) is 3. The number of nitrogens with one attached hydrogen (secondary N) is 2. The van der Waals surface area contributed by atoms with E-state index in [1.54, 1.807) is 36.0 Å². The van der Waals surface area contributed by atoms with Gasteiger partial charge in [0.2, 0.25) is 0 Å². The van der Waals surface area contributed by atoms with Crippen molar-refractivity contribution < 1.29 is 18.0 Å². The monoisotopic (exact) mass is 467 g/mol. The van der Waals surface area contributed by atoms with Gasteiger partial charge in [0.25, 0.3) is 0 Å². The highest BCUT2D eigenvalue weighted by molar-refractivity contribution is 5.90. The number of halogens is 3. The summed E-state index contributed by atoms with van der Waals surface area (Å²) in [6.07, 6.45) is 6.35. The van der Waals surface area contributed by atoms with Gasteiger partial charge in [-0.25, -0.2) is 9.78 Å². The van der Waals surface area contributed by atoms with Crippen LogP contribution < -0.4 is 10.6 Å². The first kappa shape index (κ1) is 24.5. The molecule has 176 valence electrons. The Balaban J connectivity index is 1.77. The third-order valence-corrected chi connectivity index (χ3v) is 4.94. The number of carbonyl (C=O) groups is 1. The van der Waals surface area contributed by atoms with Crippen LogP contribution in [0.5, 0.6) is 0 Å². The average molecular weight is 467 g/mol. The molecule has 2 aromatic rings. The number of rotatable bonds is 4. The fraction of sp³-hybridized carbons (Fsp3) is 0.200. The molecule has 0 saturated carbocycles. The highest BCUT2D eigenvalue weighted by atomic mass is 19.4. The Morgan fingerprint density at radius 3 is 2.68 bits per heavy atom. The molecule has 1 aromatic carbocycles. The van der Waals surface area contributed by atoms with Crippen LogP contribution in [-0.2, 0) is 7.05 Å². The van der Waals surface area contributed by atoms with Gasteiger partial charge >= 0.3 is 12.2 Å². The van der Waals surface area contributed by atoms with Gasteiger partial charge in [0.15, 0.2) is 0 Å². The van der Waals surface area contributed by atoms with E-state index in [4.69, 9.17) is 0 Å². The van der Waals surface area contributed by atoms with Crippen molar-refractivity contribution in [1.82, 2.24) is 19.8 Å². The topological polar surface area (TPSA) is 62.2 Å². The summed E-state index contributed by atoms with van der Waals surface area (Å²) in [6, 6.07) is 4.19. The fourth-order valence-electron chi connectivity index (χ4n) is 3.23. The summed E-state index contributed by atoms with van der Waals surface area (Å²) < 4.78 is 38.9. The number of anilines is 1. The van der Waals surface area contributed by atoms with E-state index in [-0.39, 0.29) is 0 Å². The molecule has 2 amide bonds. The Labute approximate surface area is 196 Å². The normalized spacial score (nSPS) is 13.8. The van der Waals surface area contributed by atoms with Gasteiger partial charge in [-0.2, -0.15) is 13.2 Å². The van der Waals surface area contributed by atoms with Crippen LogP contribution in [0.1, 0.15) is 23.7 Å². The summed E-state index contributed by atoms with van der Waals surface area (Å²) in [4.78, 5) is 17.8. The first-order valence-electron chi connectivity index (χ1n) is 10.3. The van der Waals surface area contributed by atoms with E-state index in [2.05, 4.69) is 28.7 Å². The van der Waals surface area contributed by atoms with Crippen molar-refractivity contribution in [1.29, 1.82) is 0 Å². The second kappa shape index (κ2) is 10.2. The Hall–Kier alpha value is -4.19. The molecule has 0 saturated heterocycles. The molecule has 0 spiro atoms. The van der Waals surface area contributed by atoms with E-state index in [0.717, 1.165) is 28.1 Å². The molecule has 0 fully saturated rings. The molecule has 3 rings (SSSR count). The molecule has 2 heterocycles. The van der Waals surface area contributed by atoms with Crippen molar-refractivity contribution in [2.45, 2.75) is 20.0 Å². The Morgan fingerprint density at radius 2 is 2.06 bits per heavy atom. The zero-order chi connectivity index (χ0) is 24.9. The van der Waals surface area contributed by atoms with Crippen LogP contribution in [0, 0.1) is 18.8 Å². The Bertz CT molecular complexity index is 1260. The van der Waals surface area contributed by atoms with Gasteiger partial charge in [0.05, 0.1) is 12.5 Å². The van der Waals surface area contributed by atoms with Gasteiger partial charge in [-0.1, -0.05) is 24.6 Å². The smallest absolute Gasteiger partial charge is 0.329 e. The van der Waals surface area contributed by atoms with Crippen LogP contribution in [0.2, 0.25) is 0 Å². The molecule has 6 nitrogen and oxygen atoms in total. The van der Waals surface area contributed by atoms with Gasteiger partial charge in [0, 0.05) is 41.5 Å². The number of imidazole rings is 1. The summed E-state index contributed by atoms with van der Waals surface area (Å²) in [5.74, 6) is 6.17. The summed E-state index contributed by atoms with van der Waals surface area (Å²) in [7, 11) is 1.87. The third-order valence-electron chi connectivity index (χ3n) is 4.94. The van der Waals surface area contributed by atoms with Gasteiger partial charge in [-0.05, 0) is 49.6 Å². The van der Waals surface area contributed by atoms with Gasteiger partial charge < -0.3 is 20.1 Å². The maximum Gasteiger partial charge on any atom is 0.405 e. The molecular formula is C25H24F3N5O. The molecule has 0 bridgehead atoms. The number of amides is 2. The second-order valence-corrected chi connectivity index (χ2v) is 7.54. The standard InChI is InChI=1S/C25H24F3N5O/c1-5-23(22-13-20(8-6-17(22)2)31-24(34)30-15-25(26,27)28)33-11-10-19(12-18(33)3)7-9-21-14-29-16-32(21)4/h5-6,8,10-14,16H,3,15H2,1-2,4H3,(H2,30,31,34)/b23-5-. The number of hydrogen-bond acceptors (Lipinski definition) is 3. The first-order valence-corrected chi connectivity index (χ1v) is 10.3. The Kier molecular flexibility index (Phi) is 7.31. The van der Waals surface area contributed by atoms with E-state index < -0.39 is 18.8 Å². The molecule has 1 aromatic heterocycles. The molecular weight excluding hydrogens is 443 g/mol. The first-order chi connectivity index (χ1) is 16.1. The summed E-state index contributed by atoms with van der Waals surface area (Å²) >= 11 is 0. The summed E-state index contributed by atoms with van der Waals surface area (Å²) in [6.45, 7) is 6.50. The molecule has 1 aliphatic rings. The van der Waals surface area contributed by atoms with Gasteiger partial charge in [-0.3, -0.25) is 0 Å². The predicted molar refractivity (Wildman–Crippen MR) is 126 cm³/mol. The van der Waals surface area contributed by atoms with Crippen molar-refractivity contribution >= 4 is 17.4 Å². The maximum absolute atomic E-state index is 12.3. The van der Waals surface area contributed by atoms with Crippen LogP contribution in [0.15, 0.2) is 73.0 Å². The molecule has 34 heavy (non-hydrogen) atoms. The minimum atomic E-state index is -4.48. The lowest BCUT2D eigenvalue weighted by Gasteiger charge is -2.28. The second-order valence-electron chi connectivity index (χ2n) is 7.54. The zero-order valence-electron chi connectivity index (χ0n) is 19.0. The zero-order valence-corrected chi connectivity index (χ0v) is 19.0. The molecule has 0 aliphatic carbocycles. The third kappa shape index (κ3) is 6.19. The molecule has 9 heteroatoms. The Morgan fingerprint density at radius 1 is 1.29 bits per heavy atom. The number of carbonyl (C=O) groups excluding carboxylic acids is 1. The number of aryl methyl sites for hydroxylation is 2. The van der Waals surface area contributed by atoms with E-state index >= 15 is 0 Å². The van der Waals surface area contributed by atoms with Gasteiger partial charge in [-0.15, -0.1) is 0 Å². The number of aromatic nitrogens is 2. The lowest BCUT2D eigenvalue weighted by molar-refractivity contribution is -0.122. The summed E-state index contributed by atoms with van der Waals surface area (Å²) in [5.41, 5.74) is 5.13. The quantitative estimate of drug-likeness (QED) is 0.616. The van der Waals surface area contributed by atoms with E-state index in [0.29, 0.717) is 11.4 Å². The lowest BCUT2D eigenvalue weighted by Crippen LogP contribution is -2.36.